The van der Waals surface area contributed by atoms with E-state index in [2.05, 4.69) is 34.7 Å². The smallest absolute Gasteiger partial charge is 0.0679 e. The fourth-order valence-corrected chi connectivity index (χ4v) is 2.62. The van der Waals surface area contributed by atoms with Crippen LogP contribution in [0.5, 0.6) is 0 Å². The highest BCUT2D eigenvalue weighted by atomic mass is 16.5. The van der Waals surface area contributed by atoms with Crippen LogP contribution in [0.4, 0.5) is 5.69 Å². The fourth-order valence-electron chi connectivity index (χ4n) is 2.62. The minimum atomic E-state index is 0.626. The second-order valence-corrected chi connectivity index (χ2v) is 5.32. The number of benzene rings is 1. The van der Waals surface area contributed by atoms with Crippen molar-refractivity contribution in [1.29, 1.82) is 0 Å². The van der Waals surface area contributed by atoms with Gasteiger partial charge in [0, 0.05) is 31.2 Å². The van der Waals surface area contributed by atoms with E-state index < -0.39 is 0 Å². The molecule has 1 aliphatic rings. The van der Waals surface area contributed by atoms with E-state index >= 15 is 0 Å². The van der Waals surface area contributed by atoms with E-state index in [1.54, 1.807) is 0 Å². The maximum atomic E-state index is 5.53. The van der Waals surface area contributed by atoms with Crippen molar-refractivity contribution in [2.45, 2.75) is 19.4 Å². The second-order valence-electron chi connectivity index (χ2n) is 5.32. The molecule has 0 bridgehead atoms. The molecule has 1 fully saturated rings. The Hall–Kier alpha value is -1.81. The molecule has 1 saturated heterocycles. The number of ether oxygens (including phenoxy) is 1. The lowest BCUT2D eigenvalue weighted by molar-refractivity contribution is 0.0595. The molecule has 3 rings (SSSR count). The van der Waals surface area contributed by atoms with Crippen LogP contribution in [0.1, 0.15) is 18.4 Å². The first-order chi connectivity index (χ1) is 9.92. The van der Waals surface area contributed by atoms with Crippen molar-refractivity contribution in [2.24, 2.45) is 5.92 Å². The molecule has 1 N–H and O–H groups in total. The van der Waals surface area contributed by atoms with Crippen molar-refractivity contribution >= 4 is 5.69 Å². The van der Waals surface area contributed by atoms with Crippen LogP contribution in [0, 0.1) is 5.92 Å². The topological polar surface area (TPSA) is 39.1 Å². The number of hydrogen-bond acceptors (Lipinski definition) is 3. The van der Waals surface area contributed by atoms with Gasteiger partial charge in [0.05, 0.1) is 13.2 Å². The molecule has 1 aromatic heterocycles. The van der Waals surface area contributed by atoms with E-state index in [9.17, 15) is 0 Å². The molecule has 0 radical (unpaired) electrons. The molecule has 1 atom stereocenters. The lowest BCUT2D eigenvalue weighted by Gasteiger charge is -2.23. The van der Waals surface area contributed by atoms with Crippen LogP contribution < -0.4 is 5.32 Å². The zero-order valence-corrected chi connectivity index (χ0v) is 11.7. The van der Waals surface area contributed by atoms with Crippen LogP contribution in [0.2, 0.25) is 0 Å². The number of aromatic nitrogens is 2. The second kappa shape index (κ2) is 6.57. The predicted molar refractivity (Wildman–Crippen MR) is 79.8 cm³/mol. The zero-order chi connectivity index (χ0) is 13.6. The van der Waals surface area contributed by atoms with Gasteiger partial charge in [-0.2, -0.15) is 5.10 Å². The third-order valence-corrected chi connectivity index (χ3v) is 3.74. The van der Waals surface area contributed by atoms with Gasteiger partial charge in [0.1, 0.15) is 0 Å². The monoisotopic (exact) mass is 271 g/mol. The minimum absolute atomic E-state index is 0.626. The fraction of sp³-hybridized carbons (Fsp3) is 0.438. The summed E-state index contributed by atoms with van der Waals surface area (Å²) in [6.45, 7) is 3.59. The Kier molecular flexibility index (Phi) is 4.33. The SMILES string of the molecule is c1ccc(NCC2CCCOC2)c(Cn2cccn2)c1. The van der Waals surface area contributed by atoms with Gasteiger partial charge in [-0.15, -0.1) is 0 Å². The van der Waals surface area contributed by atoms with Crippen molar-refractivity contribution in [2.75, 3.05) is 25.1 Å². The first-order valence-electron chi connectivity index (χ1n) is 7.29. The molecule has 4 nitrogen and oxygen atoms in total. The highest BCUT2D eigenvalue weighted by Gasteiger charge is 2.14. The van der Waals surface area contributed by atoms with Crippen molar-refractivity contribution in [3.05, 3.63) is 48.3 Å². The van der Waals surface area contributed by atoms with Crippen LogP contribution in [0.15, 0.2) is 42.7 Å². The average molecular weight is 271 g/mol. The first-order valence-corrected chi connectivity index (χ1v) is 7.29. The van der Waals surface area contributed by atoms with Gasteiger partial charge in [-0.25, -0.2) is 0 Å². The van der Waals surface area contributed by atoms with E-state index in [1.165, 1.54) is 24.1 Å². The highest BCUT2D eigenvalue weighted by Crippen LogP contribution is 2.19. The summed E-state index contributed by atoms with van der Waals surface area (Å²) >= 11 is 0. The quantitative estimate of drug-likeness (QED) is 0.909. The molecular formula is C16H21N3O. The van der Waals surface area contributed by atoms with Gasteiger partial charge >= 0.3 is 0 Å². The maximum Gasteiger partial charge on any atom is 0.0679 e. The van der Waals surface area contributed by atoms with Crippen molar-refractivity contribution in [1.82, 2.24) is 9.78 Å². The Morgan fingerprint density at radius 1 is 1.30 bits per heavy atom. The molecule has 0 aliphatic carbocycles. The Labute approximate surface area is 119 Å². The van der Waals surface area contributed by atoms with Crippen molar-refractivity contribution < 1.29 is 4.74 Å². The van der Waals surface area contributed by atoms with Gasteiger partial charge < -0.3 is 10.1 Å². The van der Waals surface area contributed by atoms with E-state index in [0.29, 0.717) is 5.92 Å². The molecule has 0 spiro atoms. The third-order valence-electron chi connectivity index (χ3n) is 3.74. The summed E-state index contributed by atoms with van der Waals surface area (Å²) in [7, 11) is 0. The first kappa shape index (κ1) is 13.2. The predicted octanol–water partition coefficient (Wildman–Crippen LogP) is 2.77. The third kappa shape index (κ3) is 3.39. The van der Waals surface area contributed by atoms with Crippen molar-refractivity contribution in [3.63, 3.8) is 0 Å². The van der Waals surface area contributed by atoms with Crippen LogP contribution in [0.3, 0.4) is 0 Å². The van der Waals surface area contributed by atoms with Crippen LogP contribution >= 0.6 is 0 Å². The number of anilines is 1. The molecule has 1 unspecified atom stereocenters. The van der Waals surface area contributed by atoms with Gasteiger partial charge in [-0.05, 0) is 36.5 Å². The number of hydrogen-bond donors (Lipinski definition) is 1. The van der Waals surface area contributed by atoms with Crippen molar-refractivity contribution in [3.8, 4) is 0 Å². The van der Waals surface area contributed by atoms with E-state index in [1.807, 2.05) is 23.1 Å². The minimum Gasteiger partial charge on any atom is -0.384 e. The molecule has 20 heavy (non-hydrogen) atoms. The van der Waals surface area contributed by atoms with Crippen LogP contribution in [-0.4, -0.2) is 29.5 Å². The molecule has 2 aromatic rings. The number of rotatable bonds is 5. The summed E-state index contributed by atoms with van der Waals surface area (Å²) in [6, 6.07) is 10.4. The standard InChI is InChI=1S/C16H21N3O/c1-2-7-16(17-11-14-5-3-10-20-13-14)15(6-1)12-19-9-4-8-18-19/h1-2,4,6-9,14,17H,3,5,10-13H2. The van der Waals surface area contributed by atoms with E-state index in [-0.39, 0.29) is 0 Å². The van der Waals surface area contributed by atoms with Gasteiger partial charge in [0.25, 0.3) is 0 Å². The number of para-hydroxylation sites is 1. The van der Waals surface area contributed by atoms with Crippen LogP contribution in [0.25, 0.3) is 0 Å². The lowest BCUT2D eigenvalue weighted by atomic mass is 10.0. The Morgan fingerprint density at radius 2 is 2.25 bits per heavy atom. The van der Waals surface area contributed by atoms with Gasteiger partial charge in [0.2, 0.25) is 0 Å². The number of nitrogens with one attached hydrogen (secondary N) is 1. The maximum absolute atomic E-state index is 5.53. The average Bonchev–Trinajstić information content (AvgIpc) is 3.00. The van der Waals surface area contributed by atoms with Gasteiger partial charge in [-0.1, -0.05) is 18.2 Å². The van der Waals surface area contributed by atoms with Gasteiger partial charge in [-0.3, -0.25) is 4.68 Å². The van der Waals surface area contributed by atoms with E-state index in [0.717, 1.165) is 26.3 Å². The molecule has 106 valence electrons. The van der Waals surface area contributed by atoms with Gasteiger partial charge in [0.15, 0.2) is 0 Å². The molecule has 4 heteroatoms. The molecule has 1 aliphatic heterocycles. The largest absolute Gasteiger partial charge is 0.384 e. The molecule has 1 aromatic carbocycles. The Morgan fingerprint density at radius 3 is 3.05 bits per heavy atom. The Balaban J connectivity index is 1.63. The number of nitrogens with zero attached hydrogens (tertiary/aromatic N) is 2. The molecule has 0 amide bonds. The summed E-state index contributed by atoms with van der Waals surface area (Å²) in [6.07, 6.45) is 6.25. The van der Waals surface area contributed by atoms with Crippen LogP contribution in [-0.2, 0) is 11.3 Å². The normalized spacial score (nSPS) is 18.9. The summed E-state index contributed by atoms with van der Waals surface area (Å²) in [5.74, 6) is 0.626. The summed E-state index contributed by atoms with van der Waals surface area (Å²) < 4.78 is 7.48. The molecule has 2 heterocycles. The summed E-state index contributed by atoms with van der Waals surface area (Å²) in [5.41, 5.74) is 2.47. The summed E-state index contributed by atoms with van der Waals surface area (Å²) in [4.78, 5) is 0. The zero-order valence-electron chi connectivity index (χ0n) is 11.7. The van der Waals surface area contributed by atoms with E-state index in [4.69, 9.17) is 4.74 Å². The Bertz CT molecular complexity index is 518. The molecule has 0 saturated carbocycles. The highest BCUT2D eigenvalue weighted by molar-refractivity contribution is 5.51. The molecular weight excluding hydrogens is 250 g/mol. The lowest BCUT2D eigenvalue weighted by Crippen LogP contribution is -2.24. The summed E-state index contributed by atoms with van der Waals surface area (Å²) in [5, 5.41) is 7.85.